The van der Waals surface area contributed by atoms with E-state index in [2.05, 4.69) is 5.32 Å². The fraction of sp³-hybridized carbons (Fsp3) is 0.167. The Labute approximate surface area is 215 Å². The highest BCUT2D eigenvalue weighted by Crippen LogP contribution is 2.40. The first kappa shape index (κ1) is 23.9. The second kappa shape index (κ2) is 9.69. The Kier molecular flexibility index (Phi) is 6.44. The Hall–Kier alpha value is -3.80. The second-order valence-corrected chi connectivity index (χ2v) is 9.60. The molecule has 2 atom stereocenters. The summed E-state index contributed by atoms with van der Waals surface area (Å²) in [6, 6.07) is 26.2. The number of amides is 1. The number of aryl methyl sites for hydroxylation is 1. The molecule has 0 radical (unpaired) electrons. The number of nitrogens with one attached hydrogen (secondary N) is 1. The highest BCUT2D eigenvalue weighted by atomic mass is 35.5. The minimum Gasteiger partial charge on any atom is -0.509 e. The lowest BCUT2D eigenvalue weighted by molar-refractivity contribution is -0.116. The molecule has 0 saturated carbocycles. The summed E-state index contributed by atoms with van der Waals surface area (Å²) in [5.41, 5.74) is 3.81. The lowest BCUT2D eigenvalue weighted by Gasteiger charge is -2.34. The van der Waals surface area contributed by atoms with Crippen LogP contribution in [0.1, 0.15) is 22.8 Å². The molecule has 1 aliphatic rings. The van der Waals surface area contributed by atoms with Crippen molar-refractivity contribution in [3.05, 3.63) is 118 Å². The third-order valence-corrected chi connectivity index (χ3v) is 7.05. The van der Waals surface area contributed by atoms with Crippen molar-refractivity contribution in [2.24, 2.45) is 0 Å². The molecule has 5 rings (SSSR count). The van der Waals surface area contributed by atoms with Gasteiger partial charge in [0.15, 0.2) is 0 Å². The molecule has 2 unspecified atom stereocenters. The smallest absolute Gasteiger partial charge is 0.260 e. The second-order valence-electron chi connectivity index (χ2n) is 9.16. The van der Waals surface area contributed by atoms with E-state index >= 15 is 0 Å². The summed E-state index contributed by atoms with van der Waals surface area (Å²) in [6.07, 6.45) is -0.861. The summed E-state index contributed by atoms with van der Waals surface area (Å²) in [4.78, 5) is 14.9. The van der Waals surface area contributed by atoms with E-state index in [1.165, 1.54) is 4.90 Å². The SMILES string of the molecule is Cc1cccc2c1C(O)C(=C(O)C(Cc1ccc(Cl)cc1)Nc1ccc3ccccc3c1)C(=O)N2C. The standard InChI is InChI=1S/C30H27ClN2O3/c1-18-6-5-9-25-26(18)29(35)27(30(36)33(25)2)28(34)24(16-19-10-13-22(31)14-11-19)32-23-15-12-20-7-3-4-8-21(20)17-23/h3-15,17,24,29,32,34-35H,16H2,1-2H3. The molecule has 0 saturated heterocycles. The van der Waals surface area contributed by atoms with Gasteiger partial charge in [0.05, 0.1) is 17.3 Å². The number of aliphatic hydroxyl groups excluding tert-OH is 2. The molecule has 0 aliphatic carbocycles. The molecule has 0 aromatic heterocycles. The number of aliphatic hydroxyl groups is 2. The number of anilines is 2. The van der Waals surface area contributed by atoms with Gasteiger partial charge in [-0.3, -0.25) is 4.79 Å². The number of nitrogens with zero attached hydrogens (tertiary/aromatic N) is 1. The van der Waals surface area contributed by atoms with Gasteiger partial charge in [-0.2, -0.15) is 0 Å². The fourth-order valence-corrected chi connectivity index (χ4v) is 4.98. The summed E-state index contributed by atoms with van der Waals surface area (Å²) < 4.78 is 0. The average molecular weight is 499 g/mol. The van der Waals surface area contributed by atoms with Crippen LogP contribution in [0.2, 0.25) is 5.02 Å². The van der Waals surface area contributed by atoms with Crippen LogP contribution in [0.15, 0.2) is 96.3 Å². The summed E-state index contributed by atoms with van der Waals surface area (Å²) >= 11 is 6.08. The molecule has 1 heterocycles. The molecule has 1 amide bonds. The number of hydrogen-bond donors (Lipinski definition) is 3. The summed E-state index contributed by atoms with van der Waals surface area (Å²) in [7, 11) is 1.66. The van der Waals surface area contributed by atoms with Crippen LogP contribution in [-0.4, -0.2) is 29.2 Å². The van der Waals surface area contributed by atoms with E-state index in [9.17, 15) is 15.0 Å². The van der Waals surface area contributed by atoms with Crippen molar-refractivity contribution >= 4 is 39.7 Å². The number of benzene rings is 4. The van der Waals surface area contributed by atoms with Crippen molar-refractivity contribution in [3.8, 4) is 0 Å². The molecule has 36 heavy (non-hydrogen) atoms. The quantitative estimate of drug-likeness (QED) is 0.221. The summed E-state index contributed by atoms with van der Waals surface area (Å²) in [6.45, 7) is 1.89. The molecular weight excluding hydrogens is 472 g/mol. The van der Waals surface area contributed by atoms with Crippen molar-refractivity contribution in [3.63, 3.8) is 0 Å². The Morgan fingerprint density at radius 2 is 1.72 bits per heavy atom. The topological polar surface area (TPSA) is 72.8 Å². The lowest BCUT2D eigenvalue weighted by Crippen LogP contribution is -2.39. The van der Waals surface area contributed by atoms with Gasteiger partial charge in [0.2, 0.25) is 0 Å². The average Bonchev–Trinajstić information content (AvgIpc) is 2.88. The van der Waals surface area contributed by atoms with E-state index < -0.39 is 18.1 Å². The number of likely N-dealkylation sites (N-methyl/N-ethyl adjacent to an activating group) is 1. The minimum atomic E-state index is -1.24. The first-order chi connectivity index (χ1) is 17.3. The van der Waals surface area contributed by atoms with E-state index in [-0.39, 0.29) is 11.3 Å². The van der Waals surface area contributed by atoms with E-state index in [0.717, 1.165) is 27.6 Å². The van der Waals surface area contributed by atoms with Gasteiger partial charge in [0.1, 0.15) is 11.9 Å². The van der Waals surface area contributed by atoms with Crippen molar-refractivity contribution in [1.29, 1.82) is 0 Å². The van der Waals surface area contributed by atoms with Crippen LogP contribution in [0.25, 0.3) is 10.8 Å². The predicted molar refractivity (Wildman–Crippen MR) is 146 cm³/mol. The van der Waals surface area contributed by atoms with Gasteiger partial charge in [0, 0.05) is 23.3 Å². The largest absolute Gasteiger partial charge is 0.509 e. The van der Waals surface area contributed by atoms with Crippen LogP contribution in [-0.2, 0) is 11.2 Å². The Bertz CT molecular complexity index is 1480. The Morgan fingerprint density at radius 3 is 2.47 bits per heavy atom. The minimum absolute atomic E-state index is 0.0217. The van der Waals surface area contributed by atoms with Crippen LogP contribution in [0, 0.1) is 6.92 Å². The molecule has 182 valence electrons. The van der Waals surface area contributed by atoms with E-state index in [1.807, 2.05) is 73.7 Å². The van der Waals surface area contributed by atoms with Crippen LogP contribution in [0.4, 0.5) is 11.4 Å². The first-order valence-corrected chi connectivity index (χ1v) is 12.2. The zero-order chi connectivity index (χ0) is 25.4. The third-order valence-electron chi connectivity index (χ3n) is 6.79. The Morgan fingerprint density at radius 1 is 1.00 bits per heavy atom. The van der Waals surface area contributed by atoms with Gasteiger partial charge in [-0.15, -0.1) is 0 Å². The maximum atomic E-state index is 13.4. The van der Waals surface area contributed by atoms with E-state index in [0.29, 0.717) is 22.7 Å². The van der Waals surface area contributed by atoms with Crippen molar-refractivity contribution in [2.75, 3.05) is 17.3 Å². The summed E-state index contributed by atoms with van der Waals surface area (Å²) in [5.74, 6) is -0.615. The van der Waals surface area contributed by atoms with Crippen molar-refractivity contribution in [1.82, 2.24) is 0 Å². The number of hydrogen-bond acceptors (Lipinski definition) is 4. The maximum Gasteiger partial charge on any atom is 0.260 e. The van der Waals surface area contributed by atoms with Crippen molar-refractivity contribution < 1.29 is 15.0 Å². The zero-order valence-corrected chi connectivity index (χ0v) is 20.8. The predicted octanol–water partition coefficient (Wildman–Crippen LogP) is 6.35. The number of carbonyl (C=O) groups excluding carboxylic acids is 1. The molecule has 0 bridgehead atoms. The Balaban J connectivity index is 1.59. The molecule has 0 fully saturated rings. The van der Waals surface area contributed by atoms with E-state index in [4.69, 9.17) is 11.6 Å². The highest BCUT2D eigenvalue weighted by molar-refractivity contribution is 6.30. The molecule has 6 heteroatoms. The van der Waals surface area contributed by atoms with Crippen LogP contribution >= 0.6 is 11.6 Å². The molecule has 5 nitrogen and oxygen atoms in total. The van der Waals surface area contributed by atoms with Gasteiger partial charge in [-0.25, -0.2) is 0 Å². The monoisotopic (exact) mass is 498 g/mol. The normalized spacial score (nSPS) is 17.6. The van der Waals surface area contributed by atoms with Gasteiger partial charge >= 0.3 is 0 Å². The van der Waals surface area contributed by atoms with E-state index in [1.54, 1.807) is 25.2 Å². The lowest BCUT2D eigenvalue weighted by atomic mass is 9.88. The van der Waals surface area contributed by atoms with Crippen LogP contribution in [0.3, 0.4) is 0 Å². The number of rotatable bonds is 5. The molecule has 4 aromatic carbocycles. The summed E-state index contributed by atoms with van der Waals surface area (Å²) in [5, 5.41) is 29.1. The third kappa shape index (κ3) is 4.43. The van der Waals surface area contributed by atoms with Gasteiger partial charge < -0.3 is 20.4 Å². The van der Waals surface area contributed by atoms with Gasteiger partial charge in [0.25, 0.3) is 5.91 Å². The number of fused-ring (bicyclic) bond motifs is 2. The van der Waals surface area contributed by atoms with Gasteiger partial charge in [-0.05, 0) is 65.6 Å². The first-order valence-electron chi connectivity index (χ1n) is 11.8. The molecule has 0 spiro atoms. The maximum absolute atomic E-state index is 13.4. The number of carbonyl (C=O) groups is 1. The number of halogens is 1. The molecular formula is C30H27ClN2O3. The zero-order valence-electron chi connectivity index (χ0n) is 20.1. The van der Waals surface area contributed by atoms with Crippen LogP contribution in [0.5, 0.6) is 0 Å². The fourth-order valence-electron chi connectivity index (χ4n) is 4.85. The van der Waals surface area contributed by atoms with Gasteiger partial charge in [-0.1, -0.05) is 66.2 Å². The van der Waals surface area contributed by atoms with Crippen LogP contribution < -0.4 is 10.2 Å². The molecule has 1 aliphatic heterocycles. The highest BCUT2D eigenvalue weighted by Gasteiger charge is 2.38. The van der Waals surface area contributed by atoms with Crippen molar-refractivity contribution in [2.45, 2.75) is 25.5 Å². The molecule has 3 N–H and O–H groups in total. The molecule has 4 aromatic rings.